The van der Waals surface area contributed by atoms with E-state index in [9.17, 15) is 9.59 Å². The van der Waals surface area contributed by atoms with Gasteiger partial charge in [-0.25, -0.2) is 0 Å². The van der Waals surface area contributed by atoms with Crippen LogP contribution in [0, 0.1) is 0 Å². The number of esters is 1. The lowest BCUT2D eigenvalue weighted by atomic mass is 10.2. The first-order chi connectivity index (χ1) is 8.08. The lowest BCUT2D eigenvalue weighted by Gasteiger charge is -2.24. The summed E-state index contributed by atoms with van der Waals surface area (Å²) in [4.78, 5) is 23.1. The molecule has 0 spiro atoms. The Bertz CT molecular complexity index is 280. The highest BCUT2D eigenvalue weighted by Crippen LogP contribution is 2.11. The van der Waals surface area contributed by atoms with Crippen molar-refractivity contribution >= 4 is 11.9 Å². The number of quaternary nitrogens is 1. The van der Waals surface area contributed by atoms with E-state index in [0.717, 1.165) is 25.8 Å². The standard InChI is InChI=1S/C12H21NO4/c1-3-9-5-6-10(13(9)4-2)17-12(16)8-7-11(14)15/h9-10H,3-8H2,1-2H3,(H,14,15)/p+1. The third kappa shape index (κ3) is 4.00. The van der Waals surface area contributed by atoms with E-state index in [-0.39, 0.29) is 25.0 Å². The quantitative estimate of drug-likeness (QED) is 0.655. The topological polar surface area (TPSA) is 68.0 Å². The summed E-state index contributed by atoms with van der Waals surface area (Å²) in [7, 11) is 0. The number of nitrogens with one attached hydrogen (secondary N) is 1. The number of likely N-dealkylation sites (tertiary alicyclic amines) is 1. The van der Waals surface area contributed by atoms with Gasteiger partial charge >= 0.3 is 11.9 Å². The van der Waals surface area contributed by atoms with Crippen molar-refractivity contribution in [1.29, 1.82) is 0 Å². The van der Waals surface area contributed by atoms with Gasteiger partial charge in [-0.15, -0.1) is 0 Å². The first kappa shape index (κ1) is 14.0. The number of aliphatic carboxylic acids is 1. The van der Waals surface area contributed by atoms with E-state index >= 15 is 0 Å². The molecular weight excluding hydrogens is 222 g/mol. The van der Waals surface area contributed by atoms with Gasteiger partial charge in [0.25, 0.3) is 0 Å². The summed E-state index contributed by atoms with van der Waals surface area (Å²) in [5, 5.41) is 8.49. The van der Waals surface area contributed by atoms with Crippen molar-refractivity contribution in [3.8, 4) is 0 Å². The summed E-state index contributed by atoms with van der Waals surface area (Å²) in [6.07, 6.45) is 2.80. The van der Waals surface area contributed by atoms with Crippen molar-refractivity contribution in [2.75, 3.05) is 6.54 Å². The first-order valence-electron chi connectivity index (χ1n) is 6.35. The molecule has 2 N–H and O–H groups in total. The van der Waals surface area contributed by atoms with Crippen molar-refractivity contribution in [2.24, 2.45) is 0 Å². The van der Waals surface area contributed by atoms with Gasteiger partial charge in [0.05, 0.1) is 25.4 Å². The van der Waals surface area contributed by atoms with Gasteiger partial charge in [-0.3, -0.25) is 14.5 Å². The van der Waals surface area contributed by atoms with Crippen LogP contribution in [-0.2, 0) is 14.3 Å². The maximum Gasteiger partial charge on any atom is 0.310 e. The van der Waals surface area contributed by atoms with E-state index in [0.29, 0.717) is 6.04 Å². The molecule has 3 atom stereocenters. The van der Waals surface area contributed by atoms with E-state index in [4.69, 9.17) is 9.84 Å². The molecule has 17 heavy (non-hydrogen) atoms. The maximum atomic E-state index is 11.5. The molecule has 3 unspecified atom stereocenters. The molecule has 0 radical (unpaired) electrons. The Balaban J connectivity index is 2.40. The van der Waals surface area contributed by atoms with Crippen molar-refractivity contribution < 1.29 is 24.3 Å². The molecule has 0 aromatic carbocycles. The van der Waals surface area contributed by atoms with Gasteiger partial charge in [-0.2, -0.15) is 0 Å². The molecule has 1 rings (SSSR count). The van der Waals surface area contributed by atoms with Crippen LogP contribution in [0.1, 0.15) is 46.0 Å². The van der Waals surface area contributed by atoms with E-state index < -0.39 is 5.97 Å². The normalized spacial score (nSPS) is 28.0. The smallest absolute Gasteiger partial charge is 0.310 e. The van der Waals surface area contributed by atoms with E-state index in [1.165, 1.54) is 4.90 Å². The monoisotopic (exact) mass is 244 g/mol. The minimum Gasteiger partial charge on any atom is -0.481 e. The SMILES string of the molecule is CCC1CCC(OC(=O)CCC(=O)O)[NH+]1CC. The van der Waals surface area contributed by atoms with Gasteiger partial charge in [0.2, 0.25) is 6.23 Å². The zero-order chi connectivity index (χ0) is 12.8. The van der Waals surface area contributed by atoms with Gasteiger partial charge in [-0.05, 0) is 13.3 Å². The van der Waals surface area contributed by atoms with Crippen LogP contribution in [0.2, 0.25) is 0 Å². The van der Waals surface area contributed by atoms with E-state index in [1.807, 2.05) is 0 Å². The number of hydrogen-bond acceptors (Lipinski definition) is 3. The summed E-state index contributed by atoms with van der Waals surface area (Å²) < 4.78 is 5.36. The molecule has 0 saturated carbocycles. The molecule has 1 fully saturated rings. The fraction of sp³-hybridized carbons (Fsp3) is 0.833. The Morgan fingerprint density at radius 2 is 2.00 bits per heavy atom. The third-order valence-corrected chi connectivity index (χ3v) is 3.43. The molecule has 1 aliphatic rings. The zero-order valence-electron chi connectivity index (χ0n) is 10.6. The van der Waals surface area contributed by atoms with Crippen LogP contribution >= 0.6 is 0 Å². The predicted octanol–water partition coefficient (Wildman–Crippen LogP) is 0.198. The number of carbonyl (C=O) groups excluding carboxylic acids is 1. The van der Waals surface area contributed by atoms with Gasteiger partial charge in [-0.1, -0.05) is 6.92 Å². The Labute approximate surface area is 102 Å². The molecule has 1 saturated heterocycles. The minimum absolute atomic E-state index is 0.0282. The lowest BCUT2D eigenvalue weighted by molar-refractivity contribution is -0.953. The largest absolute Gasteiger partial charge is 0.481 e. The number of carboxylic acid groups (broad SMARTS) is 1. The molecule has 98 valence electrons. The summed E-state index contributed by atoms with van der Waals surface area (Å²) in [5.74, 6) is -1.35. The fourth-order valence-electron chi connectivity index (χ4n) is 2.53. The van der Waals surface area contributed by atoms with Gasteiger partial charge in [0, 0.05) is 12.8 Å². The fourth-order valence-corrected chi connectivity index (χ4v) is 2.53. The molecular formula is C12H22NO4+. The molecule has 0 amide bonds. The van der Waals surface area contributed by atoms with Crippen molar-refractivity contribution in [3.05, 3.63) is 0 Å². The Hall–Kier alpha value is -1.10. The highest BCUT2D eigenvalue weighted by molar-refractivity contribution is 5.76. The number of carbonyl (C=O) groups is 2. The number of ether oxygens (including phenoxy) is 1. The molecule has 1 aliphatic heterocycles. The Kier molecular flexibility index (Phi) is 5.41. The molecule has 5 heteroatoms. The van der Waals surface area contributed by atoms with Crippen LogP contribution in [0.4, 0.5) is 0 Å². The number of rotatable bonds is 6. The van der Waals surface area contributed by atoms with E-state index in [2.05, 4.69) is 13.8 Å². The van der Waals surface area contributed by atoms with E-state index in [1.54, 1.807) is 0 Å². The highest BCUT2D eigenvalue weighted by atomic mass is 16.6. The second kappa shape index (κ2) is 6.59. The van der Waals surface area contributed by atoms with Gasteiger partial charge in [0.15, 0.2) is 0 Å². The summed E-state index contributed by atoms with van der Waals surface area (Å²) >= 11 is 0. The zero-order valence-corrected chi connectivity index (χ0v) is 10.6. The average molecular weight is 244 g/mol. The van der Waals surface area contributed by atoms with Gasteiger partial charge in [0.1, 0.15) is 0 Å². The maximum absolute atomic E-state index is 11.5. The Morgan fingerprint density at radius 3 is 2.53 bits per heavy atom. The Morgan fingerprint density at radius 1 is 1.29 bits per heavy atom. The summed E-state index contributed by atoms with van der Waals surface area (Å²) in [6, 6.07) is 0.567. The molecule has 0 aromatic rings. The van der Waals surface area contributed by atoms with Crippen molar-refractivity contribution in [3.63, 3.8) is 0 Å². The highest BCUT2D eigenvalue weighted by Gasteiger charge is 2.37. The van der Waals surface area contributed by atoms with Crippen LogP contribution < -0.4 is 4.90 Å². The average Bonchev–Trinajstić information content (AvgIpc) is 2.68. The molecule has 0 aliphatic carbocycles. The summed E-state index contributed by atoms with van der Waals surface area (Å²) in [5.41, 5.74) is 0. The van der Waals surface area contributed by atoms with Crippen LogP contribution in [0.15, 0.2) is 0 Å². The molecule has 5 nitrogen and oxygen atoms in total. The number of hydrogen-bond donors (Lipinski definition) is 2. The van der Waals surface area contributed by atoms with Gasteiger partial charge < -0.3 is 9.84 Å². The van der Waals surface area contributed by atoms with Crippen LogP contribution in [-0.4, -0.2) is 35.9 Å². The molecule has 1 heterocycles. The first-order valence-corrected chi connectivity index (χ1v) is 6.35. The predicted molar refractivity (Wildman–Crippen MR) is 61.6 cm³/mol. The third-order valence-electron chi connectivity index (χ3n) is 3.43. The summed E-state index contributed by atoms with van der Waals surface area (Å²) in [6.45, 7) is 5.17. The van der Waals surface area contributed by atoms with Crippen LogP contribution in [0.25, 0.3) is 0 Å². The minimum atomic E-state index is -0.959. The van der Waals surface area contributed by atoms with Crippen molar-refractivity contribution in [2.45, 2.75) is 58.2 Å². The molecule has 0 bridgehead atoms. The second-order valence-corrected chi connectivity index (χ2v) is 4.48. The second-order valence-electron chi connectivity index (χ2n) is 4.48. The molecule has 0 aromatic heterocycles. The lowest BCUT2D eigenvalue weighted by Crippen LogP contribution is -3.17. The number of carboxylic acids is 1. The van der Waals surface area contributed by atoms with Crippen LogP contribution in [0.3, 0.4) is 0 Å². The van der Waals surface area contributed by atoms with Crippen LogP contribution in [0.5, 0.6) is 0 Å². The van der Waals surface area contributed by atoms with Crippen molar-refractivity contribution in [1.82, 2.24) is 0 Å².